The van der Waals surface area contributed by atoms with Crippen LogP contribution >= 0.6 is 24.0 Å². The number of guanidine groups is 1. The highest BCUT2D eigenvalue weighted by Gasteiger charge is 2.42. The summed E-state index contributed by atoms with van der Waals surface area (Å²) in [6, 6.07) is 18.0. The van der Waals surface area contributed by atoms with Crippen LogP contribution in [0.5, 0.6) is 0 Å². The topological polar surface area (TPSA) is 36.4 Å². The van der Waals surface area contributed by atoms with Crippen LogP contribution in [0.1, 0.15) is 40.5 Å². The number of hydrogen-bond donors (Lipinski definition) is 2. The number of rotatable bonds is 2. The van der Waals surface area contributed by atoms with Gasteiger partial charge in [0.2, 0.25) is 0 Å². The number of halogens is 1. The van der Waals surface area contributed by atoms with Gasteiger partial charge in [-0.1, -0.05) is 48.5 Å². The molecule has 126 valence electrons. The van der Waals surface area contributed by atoms with Crippen molar-refractivity contribution >= 4 is 29.9 Å². The van der Waals surface area contributed by atoms with Crippen molar-refractivity contribution in [1.82, 2.24) is 10.6 Å². The largest absolute Gasteiger partial charge is 0.359 e. The zero-order valence-electron chi connectivity index (χ0n) is 14.1. The normalized spacial score (nSPS) is 23.8. The van der Waals surface area contributed by atoms with E-state index in [4.69, 9.17) is 0 Å². The second kappa shape index (κ2) is 7.13. The molecule has 0 aromatic heterocycles. The molecule has 2 aromatic carbocycles. The van der Waals surface area contributed by atoms with E-state index >= 15 is 0 Å². The Bertz CT molecular complexity index is 709. The monoisotopic (exact) mass is 433 g/mol. The van der Waals surface area contributed by atoms with Crippen molar-refractivity contribution in [1.29, 1.82) is 0 Å². The molecule has 4 heteroatoms. The van der Waals surface area contributed by atoms with E-state index in [1.807, 2.05) is 14.1 Å². The Hall–Kier alpha value is -1.56. The van der Waals surface area contributed by atoms with E-state index in [0.29, 0.717) is 17.8 Å². The lowest BCUT2D eigenvalue weighted by molar-refractivity contribution is 0.354. The van der Waals surface area contributed by atoms with Gasteiger partial charge in [-0.25, -0.2) is 0 Å². The van der Waals surface area contributed by atoms with Crippen molar-refractivity contribution < 1.29 is 0 Å². The molecule has 1 unspecified atom stereocenters. The van der Waals surface area contributed by atoms with Gasteiger partial charge in [0.15, 0.2) is 5.96 Å². The fraction of sp³-hybridized carbons (Fsp3) is 0.350. The Morgan fingerprint density at radius 3 is 2.04 bits per heavy atom. The number of benzene rings is 2. The molecule has 0 saturated heterocycles. The fourth-order valence-corrected chi connectivity index (χ4v) is 4.47. The quantitative estimate of drug-likeness (QED) is 0.431. The molecule has 3 nitrogen and oxygen atoms in total. The zero-order chi connectivity index (χ0) is 15.8. The van der Waals surface area contributed by atoms with Gasteiger partial charge in [0.05, 0.1) is 0 Å². The van der Waals surface area contributed by atoms with E-state index < -0.39 is 0 Å². The summed E-state index contributed by atoms with van der Waals surface area (Å²) < 4.78 is 0. The average molecular weight is 433 g/mol. The molecular weight excluding hydrogens is 409 g/mol. The number of nitrogens with zero attached hydrogens (tertiary/aromatic N) is 1. The summed E-state index contributed by atoms with van der Waals surface area (Å²) in [5.41, 5.74) is 6.11. The summed E-state index contributed by atoms with van der Waals surface area (Å²) in [5, 5.41) is 6.59. The highest BCUT2D eigenvalue weighted by Crippen LogP contribution is 2.54. The van der Waals surface area contributed by atoms with Crippen LogP contribution in [0.15, 0.2) is 53.5 Å². The molecule has 3 aliphatic carbocycles. The minimum atomic E-state index is 0. The molecule has 0 saturated carbocycles. The van der Waals surface area contributed by atoms with Crippen LogP contribution in [0.3, 0.4) is 0 Å². The Kier molecular flexibility index (Phi) is 5.13. The molecule has 1 atom stereocenters. The first-order chi connectivity index (χ1) is 11.3. The Morgan fingerprint density at radius 2 is 1.54 bits per heavy atom. The van der Waals surface area contributed by atoms with Gasteiger partial charge >= 0.3 is 0 Å². The van der Waals surface area contributed by atoms with Gasteiger partial charge in [-0.15, -0.1) is 24.0 Å². The Balaban J connectivity index is 0.00000169. The van der Waals surface area contributed by atoms with Crippen molar-refractivity contribution in [2.24, 2.45) is 10.9 Å². The van der Waals surface area contributed by atoms with Crippen molar-refractivity contribution in [2.75, 3.05) is 20.6 Å². The van der Waals surface area contributed by atoms with Crippen LogP contribution in [-0.4, -0.2) is 26.6 Å². The van der Waals surface area contributed by atoms with Crippen molar-refractivity contribution in [3.8, 4) is 0 Å². The summed E-state index contributed by atoms with van der Waals surface area (Å²) in [6.45, 7) is 0.956. The summed E-state index contributed by atoms with van der Waals surface area (Å²) in [7, 11) is 3.73. The van der Waals surface area contributed by atoms with Crippen LogP contribution in [0.2, 0.25) is 0 Å². The molecule has 0 aliphatic heterocycles. The van der Waals surface area contributed by atoms with Crippen LogP contribution in [0.4, 0.5) is 0 Å². The Morgan fingerprint density at radius 1 is 1.00 bits per heavy atom. The third-order valence-electron chi connectivity index (χ3n) is 5.41. The Labute approximate surface area is 161 Å². The third-order valence-corrected chi connectivity index (χ3v) is 5.41. The van der Waals surface area contributed by atoms with Gasteiger partial charge in [0.1, 0.15) is 0 Å². The summed E-state index contributed by atoms with van der Waals surface area (Å²) in [5.74, 6) is 2.51. The molecule has 24 heavy (non-hydrogen) atoms. The van der Waals surface area contributed by atoms with E-state index in [0.717, 1.165) is 12.5 Å². The maximum absolute atomic E-state index is 4.24. The van der Waals surface area contributed by atoms with Gasteiger partial charge in [0, 0.05) is 32.5 Å². The summed E-state index contributed by atoms with van der Waals surface area (Å²) in [6.07, 6.45) is 1.21. The van der Waals surface area contributed by atoms with E-state index in [-0.39, 0.29) is 24.0 Å². The maximum Gasteiger partial charge on any atom is 0.190 e. The molecule has 2 N–H and O–H groups in total. The molecule has 0 amide bonds. The molecule has 3 aliphatic rings. The first-order valence-corrected chi connectivity index (χ1v) is 8.39. The van der Waals surface area contributed by atoms with Crippen molar-refractivity contribution in [3.05, 3.63) is 70.8 Å². The molecule has 0 radical (unpaired) electrons. The van der Waals surface area contributed by atoms with Gasteiger partial charge in [0.25, 0.3) is 0 Å². The maximum atomic E-state index is 4.24. The van der Waals surface area contributed by atoms with Crippen LogP contribution in [0.25, 0.3) is 0 Å². The van der Waals surface area contributed by atoms with E-state index in [1.165, 1.54) is 28.7 Å². The summed E-state index contributed by atoms with van der Waals surface area (Å²) >= 11 is 0. The highest BCUT2D eigenvalue weighted by molar-refractivity contribution is 14.0. The molecule has 5 rings (SSSR count). The number of nitrogens with one attached hydrogen (secondary N) is 2. The number of fused-ring (bicyclic) bond motifs is 1. The second-order valence-electron chi connectivity index (χ2n) is 6.49. The standard InChI is InChI=1S/C20H23N3.HI/c1-21-20(22-2)23-12-13-11-18-14-7-3-5-9-16(14)19(13)17-10-6-4-8-15(17)18;/h3-10,13,18-19H,11-12H2,1-2H3,(H2,21,22,23);1H. The predicted octanol–water partition coefficient (Wildman–Crippen LogP) is 3.70. The van der Waals surface area contributed by atoms with Crippen LogP contribution < -0.4 is 10.6 Å². The van der Waals surface area contributed by atoms with Gasteiger partial charge in [-0.3, -0.25) is 4.99 Å². The molecular formula is C20H24IN3. The lowest BCUT2D eigenvalue weighted by Crippen LogP contribution is -2.42. The molecule has 0 heterocycles. The van der Waals surface area contributed by atoms with Crippen LogP contribution in [-0.2, 0) is 0 Å². The van der Waals surface area contributed by atoms with Crippen molar-refractivity contribution in [2.45, 2.75) is 18.3 Å². The van der Waals surface area contributed by atoms with E-state index in [9.17, 15) is 0 Å². The highest BCUT2D eigenvalue weighted by atomic mass is 127. The third kappa shape index (κ3) is 2.70. The minimum Gasteiger partial charge on any atom is -0.359 e. The predicted molar refractivity (Wildman–Crippen MR) is 111 cm³/mol. The van der Waals surface area contributed by atoms with E-state index in [1.54, 1.807) is 0 Å². The lowest BCUT2D eigenvalue weighted by atomic mass is 9.59. The lowest BCUT2D eigenvalue weighted by Gasteiger charge is -2.45. The summed E-state index contributed by atoms with van der Waals surface area (Å²) in [4.78, 5) is 4.24. The van der Waals surface area contributed by atoms with Crippen molar-refractivity contribution in [3.63, 3.8) is 0 Å². The number of hydrogen-bond acceptors (Lipinski definition) is 1. The number of aliphatic imine (C=N–C) groups is 1. The first kappa shape index (κ1) is 17.3. The second-order valence-corrected chi connectivity index (χ2v) is 6.49. The zero-order valence-corrected chi connectivity index (χ0v) is 16.5. The average Bonchev–Trinajstić information content (AvgIpc) is 2.63. The fourth-order valence-electron chi connectivity index (χ4n) is 4.47. The molecule has 2 bridgehead atoms. The van der Waals surface area contributed by atoms with Gasteiger partial charge < -0.3 is 10.6 Å². The molecule has 0 fully saturated rings. The van der Waals surface area contributed by atoms with Crippen LogP contribution in [0, 0.1) is 5.92 Å². The van der Waals surface area contributed by atoms with Gasteiger partial charge in [-0.2, -0.15) is 0 Å². The van der Waals surface area contributed by atoms with E-state index in [2.05, 4.69) is 64.2 Å². The van der Waals surface area contributed by atoms with Gasteiger partial charge in [-0.05, 0) is 34.6 Å². The molecule has 0 spiro atoms. The minimum absolute atomic E-state index is 0. The SMILES string of the molecule is CN=C(NC)NCC1CC2c3ccccc3C1c1ccccc12.I. The smallest absolute Gasteiger partial charge is 0.190 e. The first-order valence-electron chi connectivity index (χ1n) is 8.39. The molecule has 2 aromatic rings.